The Kier molecular flexibility index (Phi) is 2.93. The van der Waals surface area contributed by atoms with Gasteiger partial charge in [-0.15, -0.1) is 0 Å². The van der Waals surface area contributed by atoms with Gasteiger partial charge >= 0.3 is 0 Å². The summed E-state index contributed by atoms with van der Waals surface area (Å²) in [5, 5.41) is 8.92. The first-order valence-electron chi connectivity index (χ1n) is 5.10. The Morgan fingerprint density at radius 3 is 2.82 bits per heavy atom. The molecule has 0 fully saturated rings. The van der Waals surface area contributed by atoms with E-state index in [2.05, 4.69) is 11.1 Å². The van der Waals surface area contributed by atoms with Gasteiger partial charge in [0.25, 0.3) is 0 Å². The largest absolute Gasteiger partial charge is 0.438 e. The number of aryl methyl sites for hydroxylation is 1. The fourth-order valence-electron chi connectivity index (χ4n) is 1.36. The predicted octanol–water partition coefficient (Wildman–Crippen LogP) is 2.64. The molecule has 0 amide bonds. The molecule has 0 bridgehead atoms. The highest BCUT2D eigenvalue weighted by Crippen LogP contribution is 2.24. The second-order valence-electron chi connectivity index (χ2n) is 3.59. The van der Waals surface area contributed by atoms with Crippen molar-refractivity contribution in [3.63, 3.8) is 0 Å². The van der Waals surface area contributed by atoms with E-state index in [1.54, 1.807) is 36.5 Å². The Morgan fingerprint density at radius 2 is 2.12 bits per heavy atom. The molecule has 0 saturated heterocycles. The Hall–Kier alpha value is -2.54. The summed E-state index contributed by atoms with van der Waals surface area (Å²) >= 11 is 0. The van der Waals surface area contributed by atoms with Crippen LogP contribution in [-0.2, 0) is 0 Å². The van der Waals surface area contributed by atoms with E-state index in [-0.39, 0.29) is 0 Å². The molecular weight excluding hydrogens is 214 g/mol. The summed E-state index contributed by atoms with van der Waals surface area (Å²) in [4.78, 5) is 4.05. The van der Waals surface area contributed by atoms with Crippen LogP contribution < -0.4 is 10.5 Å². The monoisotopic (exact) mass is 225 g/mol. The normalized spacial score (nSPS) is 9.65. The lowest BCUT2D eigenvalue weighted by atomic mass is 10.2. The number of benzene rings is 1. The Balaban J connectivity index is 2.32. The molecule has 0 saturated carbocycles. The maximum Gasteiger partial charge on any atom is 0.219 e. The van der Waals surface area contributed by atoms with E-state index in [9.17, 15) is 0 Å². The molecule has 0 unspecified atom stereocenters. The van der Waals surface area contributed by atoms with Crippen molar-refractivity contribution < 1.29 is 4.74 Å². The minimum atomic E-state index is 0.430. The molecule has 0 aliphatic rings. The summed E-state index contributed by atoms with van der Waals surface area (Å²) in [6.45, 7) is 1.88. The molecule has 1 heterocycles. The molecule has 4 heteroatoms. The summed E-state index contributed by atoms with van der Waals surface area (Å²) < 4.78 is 5.55. The number of ether oxygens (including phenoxy) is 1. The molecule has 0 aliphatic carbocycles. The number of nitrogens with zero attached hydrogens (tertiary/aromatic N) is 2. The van der Waals surface area contributed by atoms with E-state index in [0.717, 1.165) is 5.56 Å². The van der Waals surface area contributed by atoms with Gasteiger partial charge in [-0.05, 0) is 24.6 Å². The van der Waals surface area contributed by atoms with E-state index < -0.39 is 0 Å². The number of anilines is 1. The third-order valence-electron chi connectivity index (χ3n) is 2.35. The van der Waals surface area contributed by atoms with Crippen molar-refractivity contribution in [3.05, 3.63) is 47.7 Å². The van der Waals surface area contributed by atoms with Gasteiger partial charge in [0, 0.05) is 6.07 Å². The third kappa shape index (κ3) is 2.34. The smallest absolute Gasteiger partial charge is 0.219 e. The van der Waals surface area contributed by atoms with Gasteiger partial charge < -0.3 is 10.5 Å². The number of nitriles is 1. The molecule has 2 N–H and O–H groups in total. The van der Waals surface area contributed by atoms with Gasteiger partial charge in [-0.2, -0.15) is 5.26 Å². The summed E-state index contributed by atoms with van der Waals surface area (Å²) in [6.07, 6.45) is 1.54. The third-order valence-corrected chi connectivity index (χ3v) is 2.35. The quantitative estimate of drug-likeness (QED) is 0.852. The van der Waals surface area contributed by atoms with Gasteiger partial charge in [-0.1, -0.05) is 12.1 Å². The van der Waals surface area contributed by atoms with Crippen LogP contribution in [0.25, 0.3) is 0 Å². The summed E-state index contributed by atoms with van der Waals surface area (Å²) in [6, 6.07) is 10.8. The summed E-state index contributed by atoms with van der Waals surface area (Å²) in [7, 11) is 0. The van der Waals surface area contributed by atoms with Gasteiger partial charge in [0.1, 0.15) is 11.8 Å². The average Bonchev–Trinajstić information content (AvgIpc) is 2.34. The number of pyridine rings is 1. The van der Waals surface area contributed by atoms with Crippen LogP contribution in [0.5, 0.6) is 11.6 Å². The predicted molar refractivity (Wildman–Crippen MR) is 64.6 cm³/mol. The summed E-state index contributed by atoms with van der Waals surface area (Å²) in [5.41, 5.74) is 7.65. The maximum atomic E-state index is 8.92. The second-order valence-corrected chi connectivity index (χ2v) is 3.59. The Morgan fingerprint density at radius 1 is 1.35 bits per heavy atom. The lowest BCUT2D eigenvalue weighted by Crippen LogP contribution is -1.95. The standard InChI is InChI=1S/C13H11N3O/c1-9-6-13(16-8-11(9)15)17-12-5-3-2-4-10(12)7-14/h2-6,8H,15H2,1H3. The van der Waals surface area contributed by atoms with E-state index in [4.69, 9.17) is 15.7 Å². The maximum absolute atomic E-state index is 8.92. The van der Waals surface area contributed by atoms with Crippen molar-refractivity contribution in [2.45, 2.75) is 6.92 Å². The fourth-order valence-corrected chi connectivity index (χ4v) is 1.36. The molecule has 17 heavy (non-hydrogen) atoms. The molecule has 1 aromatic heterocycles. The van der Waals surface area contributed by atoms with Crippen LogP contribution in [0.2, 0.25) is 0 Å². The van der Waals surface area contributed by atoms with Crippen LogP contribution in [0.1, 0.15) is 11.1 Å². The molecule has 2 aromatic rings. The van der Waals surface area contributed by atoms with Crippen molar-refractivity contribution in [2.24, 2.45) is 0 Å². The number of hydrogen-bond acceptors (Lipinski definition) is 4. The molecule has 84 valence electrons. The second kappa shape index (κ2) is 4.54. The van der Waals surface area contributed by atoms with Crippen molar-refractivity contribution in [3.8, 4) is 17.7 Å². The topological polar surface area (TPSA) is 71.9 Å². The molecule has 4 nitrogen and oxygen atoms in total. The molecule has 0 atom stereocenters. The number of para-hydroxylation sites is 1. The van der Waals surface area contributed by atoms with Crippen LogP contribution in [-0.4, -0.2) is 4.98 Å². The average molecular weight is 225 g/mol. The zero-order valence-corrected chi connectivity index (χ0v) is 9.34. The number of aromatic nitrogens is 1. The van der Waals surface area contributed by atoms with Crippen LogP contribution in [0.3, 0.4) is 0 Å². The van der Waals surface area contributed by atoms with Crippen LogP contribution in [0, 0.1) is 18.3 Å². The van der Waals surface area contributed by atoms with Gasteiger partial charge in [0.05, 0.1) is 17.4 Å². The van der Waals surface area contributed by atoms with Crippen LogP contribution >= 0.6 is 0 Å². The first-order chi connectivity index (χ1) is 8.20. The Bertz CT molecular complexity index is 587. The highest BCUT2D eigenvalue weighted by atomic mass is 16.5. The number of rotatable bonds is 2. The van der Waals surface area contributed by atoms with E-state index in [1.165, 1.54) is 0 Å². The highest BCUT2D eigenvalue weighted by Gasteiger charge is 2.05. The Labute approximate surface area is 99.3 Å². The summed E-state index contributed by atoms with van der Waals surface area (Å²) in [5.74, 6) is 0.922. The molecule has 1 aromatic carbocycles. The molecule has 0 aliphatic heterocycles. The van der Waals surface area contributed by atoms with Gasteiger partial charge in [-0.25, -0.2) is 4.98 Å². The molecule has 0 radical (unpaired) electrons. The lowest BCUT2D eigenvalue weighted by Gasteiger charge is -2.07. The van der Waals surface area contributed by atoms with E-state index >= 15 is 0 Å². The van der Waals surface area contributed by atoms with Crippen molar-refractivity contribution >= 4 is 5.69 Å². The first-order valence-corrected chi connectivity index (χ1v) is 5.10. The fraction of sp³-hybridized carbons (Fsp3) is 0.0769. The van der Waals surface area contributed by atoms with Gasteiger partial charge in [0.15, 0.2) is 0 Å². The number of nitrogens with two attached hydrogens (primary N) is 1. The molecule has 2 rings (SSSR count). The SMILES string of the molecule is Cc1cc(Oc2ccccc2C#N)ncc1N. The number of hydrogen-bond donors (Lipinski definition) is 1. The zero-order chi connectivity index (χ0) is 12.3. The van der Waals surface area contributed by atoms with Crippen molar-refractivity contribution in [1.82, 2.24) is 4.98 Å². The van der Waals surface area contributed by atoms with Gasteiger partial charge in [-0.3, -0.25) is 0 Å². The van der Waals surface area contributed by atoms with Crippen molar-refractivity contribution in [1.29, 1.82) is 5.26 Å². The molecule has 0 spiro atoms. The first kappa shape index (κ1) is 11.0. The molecular formula is C13H11N3O. The minimum absolute atomic E-state index is 0.430. The van der Waals surface area contributed by atoms with Crippen LogP contribution in [0.15, 0.2) is 36.5 Å². The van der Waals surface area contributed by atoms with Gasteiger partial charge in [0.2, 0.25) is 5.88 Å². The van der Waals surface area contributed by atoms with E-state index in [0.29, 0.717) is 22.9 Å². The highest BCUT2D eigenvalue weighted by molar-refractivity contribution is 5.48. The van der Waals surface area contributed by atoms with Crippen LogP contribution in [0.4, 0.5) is 5.69 Å². The zero-order valence-electron chi connectivity index (χ0n) is 9.34. The lowest BCUT2D eigenvalue weighted by molar-refractivity contribution is 0.461. The van der Waals surface area contributed by atoms with Crippen molar-refractivity contribution in [2.75, 3.05) is 5.73 Å². The van der Waals surface area contributed by atoms with E-state index in [1.807, 2.05) is 6.92 Å². The number of nitrogen functional groups attached to an aromatic ring is 1. The minimum Gasteiger partial charge on any atom is -0.438 e.